The number of nitrogens with one attached hydrogen (secondary N) is 2. The maximum Gasteiger partial charge on any atom is 0.340 e. The Morgan fingerprint density at radius 1 is 1.18 bits per heavy atom. The van der Waals surface area contributed by atoms with Crippen LogP contribution in [0.1, 0.15) is 46.0 Å². The summed E-state index contributed by atoms with van der Waals surface area (Å²) in [6, 6.07) is 9.37. The molecule has 3 aromatic heterocycles. The van der Waals surface area contributed by atoms with Gasteiger partial charge < -0.3 is 14.7 Å². The Bertz CT molecular complexity index is 1400. The zero-order chi connectivity index (χ0) is 23.7. The van der Waals surface area contributed by atoms with E-state index in [4.69, 9.17) is 4.74 Å². The van der Waals surface area contributed by atoms with Gasteiger partial charge in [-0.15, -0.1) is 0 Å². The fraction of sp³-hybridized carbons (Fsp3) is 0.261. The molecule has 1 atom stereocenters. The van der Waals surface area contributed by atoms with Crippen LogP contribution in [0.15, 0.2) is 46.5 Å². The van der Waals surface area contributed by atoms with Crippen molar-refractivity contribution in [1.82, 2.24) is 24.7 Å². The fourth-order valence-corrected chi connectivity index (χ4v) is 4.49. The van der Waals surface area contributed by atoms with Crippen LogP contribution in [0, 0.1) is 13.8 Å². The third kappa shape index (κ3) is 4.21. The molecule has 33 heavy (non-hydrogen) atoms. The topological polar surface area (TPSA) is 123 Å². The van der Waals surface area contributed by atoms with Gasteiger partial charge in [-0.1, -0.05) is 30.0 Å². The average Bonchev–Trinajstić information content (AvgIpc) is 3.34. The molecular formula is C23H23N5O4S. The second-order valence-electron chi connectivity index (χ2n) is 7.47. The largest absolute Gasteiger partial charge is 0.462 e. The van der Waals surface area contributed by atoms with Crippen LogP contribution in [-0.4, -0.2) is 48.3 Å². The van der Waals surface area contributed by atoms with Crippen molar-refractivity contribution in [2.75, 3.05) is 6.61 Å². The van der Waals surface area contributed by atoms with Crippen LogP contribution in [0.5, 0.6) is 0 Å². The van der Waals surface area contributed by atoms with Crippen molar-refractivity contribution in [1.29, 1.82) is 0 Å². The maximum absolute atomic E-state index is 13.2. The van der Waals surface area contributed by atoms with Crippen molar-refractivity contribution >= 4 is 34.5 Å². The minimum Gasteiger partial charge on any atom is -0.462 e. The average molecular weight is 466 g/mol. The van der Waals surface area contributed by atoms with Crippen molar-refractivity contribution in [3.05, 3.63) is 69.4 Å². The van der Waals surface area contributed by atoms with E-state index in [0.717, 1.165) is 17.4 Å². The number of aromatic amines is 2. The zero-order valence-electron chi connectivity index (χ0n) is 18.6. The number of carbonyl (C=O) groups is 2. The minimum atomic E-state index is -0.578. The molecule has 10 heteroatoms. The first-order valence-electron chi connectivity index (χ1n) is 10.4. The van der Waals surface area contributed by atoms with E-state index in [9.17, 15) is 14.4 Å². The van der Waals surface area contributed by atoms with E-state index >= 15 is 0 Å². The first kappa shape index (κ1) is 22.5. The van der Waals surface area contributed by atoms with Crippen LogP contribution in [0.4, 0.5) is 0 Å². The monoisotopic (exact) mass is 465 g/mol. The molecule has 0 saturated heterocycles. The number of H-pyrrole nitrogens is 2. The van der Waals surface area contributed by atoms with Gasteiger partial charge in [-0.05, 0) is 45.4 Å². The van der Waals surface area contributed by atoms with Crippen LogP contribution < -0.4 is 5.56 Å². The number of esters is 1. The third-order valence-corrected chi connectivity index (χ3v) is 6.22. The molecule has 0 aliphatic rings. The van der Waals surface area contributed by atoms with Gasteiger partial charge in [0, 0.05) is 5.69 Å². The van der Waals surface area contributed by atoms with E-state index in [2.05, 4.69) is 20.1 Å². The van der Waals surface area contributed by atoms with Crippen LogP contribution in [0.2, 0.25) is 0 Å². The van der Waals surface area contributed by atoms with Crippen molar-refractivity contribution in [3.8, 4) is 5.69 Å². The number of rotatable bonds is 7. The first-order valence-corrected chi connectivity index (χ1v) is 11.3. The van der Waals surface area contributed by atoms with Crippen molar-refractivity contribution in [2.45, 2.75) is 38.1 Å². The summed E-state index contributed by atoms with van der Waals surface area (Å²) < 4.78 is 6.69. The molecule has 9 nitrogen and oxygen atoms in total. The molecule has 0 amide bonds. The number of ether oxygens (including phenoxy) is 1. The Morgan fingerprint density at radius 2 is 1.91 bits per heavy atom. The molecule has 0 unspecified atom stereocenters. The minimum absolute atomic E-state index is 0.213. The predicted molar refractivity (Wildman–Crippen MR) is 125 cm³/mol. The van der Waals surface area contributed by atoms with Gasteiger partial charge >= 0.3 is 5.97 Å². The second-order valence-corrected chi connectivity index (χ2v) is 8.80. The summed E-state index contributed by atoms with van der Waals surface area (Å²) in [6.45, 7) is 7.15. The van der Waals surface area contributed by atoms with Crippen molar-refractivity contribution in [2.24, 2.45) is 0 Å². The van der Waals surface area contributed by atoms with Crippen LogP contribution in [-0.2, 0) is 4.74 Å². The molecule has 2 N–H and O–H groups in total. The Hall–Kier alpha value is -3.66. The maximum atomic E-state index is 13.2. The summed E-state index contributed by atoms with van der Waals surface area (Å²) in [4.78, 5) is 48.3. The van der Waals surface area contributed by atoms with E-state index in [0.29, 0.717) is 38.7 Å². The highest BCUT2D eigenvalue weighted by atomic mass is 32.2. The number of thioether (sulfide) groups is 1. The van der Waals surface area contributed by atoms with E-state index in [1.807, 2.05) is 30.3 Å². The number of hydrogen-bond donors (Lipinski definition) is 2. The van der Waals surface area contributed by atoms with E-state index < -0.39 is 11.2 Å². The lowest BCUT2D eigenvalue weighted by Crippen LogP contribution is -2.18. The van der Waals surface area contributed by atoms with Gasteiger partial charge in [0.15, 0.2) is 16.6 Å². The molecule has 0 saturated carbocycles. The summed E-state index contributed by atoms with van der Waals surface area (Å²) in [5.41, 5.74) is 2.68. The summed E-state index contributed by atoms with van der Waals surface area (Å²) in [6.07, 6.45) is 1.47. The Kier molecular flexibility index (Phi) is 6.19. The molecule has 1 aromatic carbocycles. The van der Waals surface area contributed by atoms with Gasteiger partial charge in [0.25, 0.3) is 5.56 Å². The Morgan fingerprint density at radius 3 is 2.61 bits per heavy atom. The zero-order valence-corrected chi connectivity index (χ0v) is 19.4. The predicted octanol–water partition coefficient (Wildman–Crippen LogP) is 3.59. The second kappa shape index (κ2) is 9.07. The molecule has 0 bridgehead atoms. The van der Waals surface area contributed by atoms with Gasteiger partial charge in [-0.25, -0.2) is 14.5 Å². The summed E-state index contributed by atoms with van der Waals surface area (Å²) in [5, 5.41) is 4.38. The standard InChI is InChI=1S/C23H23N5O4S/c1-5-32-22(31)17-12(2)18(25-13(17)3)19(29)14(4)33-23-26-20-16(21(30)27-23)11-24-28(20)15-9-7-6-8-10-15/h6-11,14,25H,5H2,1-4H3,(H,26,27,30)/t14-/m1/s1. The molecule has 3 heterocycles. The van der Waals surface area contributed by atoms with Gasteiger partial charge in [0.1, 0.15) is 5.39 Å². The highest BCUT2D eigenvalue weighted by molar-refractivity contribution is 8.00. The normalized spacial score (nSPS) is 12.1. The third-order valence-electron chi connectivity index (χ3n) is 5.24. The van der Waals surface area contributed by atoms with Crippen LogP contribution in [0.25, 0.3) is 16.7 Å². The SMILES string of the molecule is CCOC(=O)c1c(C)[nH]c(C(=O)[C@@H](C)Sc2nc3c(cnn3-c3ccccc3)c(=O)[nH]2)c1C. The lowest BCUT2D eigenvalue weighted by molar-refractivity contribution is 0.0525. The number of fused-ring (bicyclic) bond motifs is 1. The Balaban J connectivity index is 1.64. The van der Waals surface area contributed by atoms with Gasteiger partial charge in [0.05, 0.1) is 35.0 Å². The number of aryl methyl sites for hydroxylation is 1. The summed E-state index contributed by atoms with van der Waals surface area (Å²) in [7, 11) is 0. The lowest BCUT2D eigenvalue weighted by Gasteiger charge is -2.10. The number of ketones is 1. The molecule has 4 rings (SSSR count). The smallest absolute Gasteiger partial charge is 0.340 e. The molecule has 0 aliphatic carbocycles. The van der Waals surface area contributed by atoms with Crippen molar-refractivity contribution in [3.63, 3.8) is 0 Å². The molecule has 0 radical (unpaired) electrons. The van der Waals surface area contributed by atoms with E-state index in [1.54, 1.807) is 32.4 Å². The number of benzene rings is 1. The number of hydrogen-bond acceptors (Lipinski definition) is 7. The first-order chi connectivity index (χ1) is 15.8. The van der Waals surface area contributed by atoms with Crippen LogP contribution >= 0.6 is 11.8 Å². The quantitative estimate of drug-likeness (QED) is 0.185. The van der Waals surface area contributed by atoms with Gasteiger partial charge in [0.2, 0.25) is 0 Å². The molecule has 4 aromatic rings. The fourth-order valence-electron chi connectivity index (χ4n) is 3.64. The lowest BCUT2D eigenvalue weighted by atomic mass is 10.1. The number of aromatic nitrogens is 5. The molecule has 0 spiro atoms. The van der Waals surface area contributed by atoms with Gasteiger partial charge in [-0.3, -0.25) is 9.59 Å². The highest BCUT2D eigenvalue weighted by Gasteiger charge is 2.27. The Labute approximate surface area is 193 Å². The van der Waals surface area contributed by atoms with Crippen LogP contribution in [0.3, 0.4) is 0 Å². The number of carbonyl (C=O) groups excluding carboxylic acids is 2. The van der Waals surface area contributed by atoms with Gasteiger partial charge in [-0.2, -0.15) is 5.10 Å². The molecular weight excluding hydrogens is 442 g/mol. The number of Topliss-reactive ketones (excluding diaryl/α,β-unsaturated/α-hetero) is 1. The van der Waals surface area contributed by atoms with E-state index in [-0.39, 0.29) is 17.9 Å². The molecule has 0 fully saturated rings. The van der Waals surface area contributed by atoms with E-state index in [1.165, 1.54) is 6.20 Å². The van der Waals surface area contributed by atoms with Crippen molar-refractivity contribution < 1.29 is 14.3 Å². The summed E-state index contributed by atoms with van der Waals surface area (Å²) >= 11 is 1.13. The molecule has 170 valence electrons. The number of para-hydroxylation sites is 1. The molecule has 0 aliphatic heterocycles. The number of nitrogens with zero attached hydrogens (tertiary/aromatic N) is 3. The highest BCUT2D eigenvalue weighted by Crippen LogP contribution is 2.27. The summed E-state index contributed by atoms with van der Waals surface area (Å²) in [5.74, 6) is -0.677.